The summed E-state index contributed by atoms with van der Waals surface area (Å²) < 4.78 is 37.4. The van der Waals surface area contributed by atoms with E-state index in [0.717, 1.165) is 18.2 Å². The van der Waals surface area contributed by atoms with Gasteiger partial charge in [-0.15, -0.1) is 0 Å². The zero-order chi connectivity index (χ0) is 28.3. The van der Waals surface area contributed by atoms with Crippen molar-refractivity contribution in [3.8, 4) is 11.5 Å². The van der Waals surface area contributed by atoms with Crippen LogP contribution < -0.4 is 19.1 Å². The maximum absolute atomic E-state index is 13.4. The van der Waals surface area contributed by atoms with Crippen molar-refractivity contribution in [2.45, 2.75) is 65.6 Å². The van der Waals surface area contributed by atoms with Gasteiger partial charge in [0.1, 0.15) is 17.5 Å². The van der Waals surface area contributed by atoms with Gasteiger partial charge in [-0.2, -0.15) is 0 Å². The molecular formula is C28H41N3O6S. The van der Waals surface area contributed by atoms with Gasteiger partial charge in [0, 0.05) is 25.6 Å². The van der Waals surface area contributed by atoms with Crippen LogP contribution in [-0.4, -0.2) is 63.7 Å². The molecule has 0 heterocycles. The summed E-state index contributed by atoms with van der Waals surface area (Å²) in [5, 5.41) is 2.95. The third-order valence-electron chi connectivity index (χ3n) is 6.27. The van der Waals surface area contributed by atoms with E-state index in [9.17, 15) is 18.0 Å². The molecule has 10 heteroatoms. The summed E-state index contributed by atoms with van der Waals surface area (Å²) in [6.45, 7) is 8.16. The number of sulfonamides is 1. The van der Waals surface area contributed by atoms with Gasteiger partial charge in [-0.05, 0) is 63.4 Å². The normalized spacial score (nSPS) is 12.8. The molecule has 0 spiro atoms. The quantitative estimate of drug-likeness (QED) is 0.362. The number of benzene rings is 2. The molecule has 9 nitrogen and oxygen atoms in total. The second kappa shape index (κ2) is 14.6. The summed E-state index contributed by atoms with van der Waals surface area (Å²) >= 11 is 0. The monoisotopic (exact) mass is 547 g/mol. The molecule has 2 aromatic carbocycles. The number of hydrogen-bond acceptors (Lipinski definition) is 6. The van der Waals surface area contributed by atoms with Gasteiger partial charge in [0.2, 0.25) is 21.8 Å². The van der Waals surface area contributed by atoms with Gasteiger partial charge in [-0.25, -0.2) is 8.42 Å². The van der Waals surface area contributed by atoms with Crippen LogP contribution in [-0.2, 0) is 26.2 Å². The zero-order valence-electron chi connectivity index (χ0n) is 23.3. The number of amides is 2. The zero-order valence-corrected chi connectivity index (χ0v) is 24.1. The number of methoxy groups -OCH3 is 1. The van der Waals surface area contributed by atoms with Crippen molar-refractivity contribution in [2.75, 3.05) is 30.8 Å². The van der Waals surface area contributed by atoms with E-state index in [1.807, 2.05) is 45.0 Å². The van der Waals surface area contributed by atoms with Crippen LogP contribution in [0.15, 0.2) is 48.5 Å². The predicted molar refractivity (Wildman–Crippen MR) is 150 cm³/mol. The van der Waals surface area contributed by atoms with E-state index in [2.05, 4.69) is 5.32 Å². The highest BCUT2D eigenvalue weighted by atomic mass is 32.2. The van der Waals surface area contributed by atoms with Crippen LogP contribution in [0.4, 0.5) is 5.69 Å². The molecule has 2 aromatic rings. The van der Waals surface area contributed by atoms with Crippen molar-refractivity contribution >= 4 is 27.5 Å². The minimum Gasteiger partial charge on any atom is -0.497 e. The van der Waals surface area contributed by atoms with Crippen LogP contribution in [0.3, 0.4) is 0 Å². The van der Waals surface area contributed by atoms with Crippen LogP contribution >= 0.6 is 0 Å². The Kier molecular flexibility index (Phi) is 11.9. The molecule has 2 atom stereocenters. The number of carbonyl (C=O) groups is 2. The van der Waals surface area contributed by atoms with E-state index in [-0.39, 0.29) is 43.8 Å². The van der Waals surface area contributed by atoms with Gasteiger partial charge >= 0.3 is 0 Å². The molecule has 0 saturated heterocycles. The first-order valence-corrected chi connectivity index (χ1v) is 14.8. The Morgan fingerprint density at radius 2 is 1.68 bits per heavy atom. The number of nitrogens with one attached hydrogen (secondary N) is 1. The van der Waals surface area contributed by atoms with E-state index >= 15 is 0 Å². The fourth-order valence-corrected chi connectivity index (χ4v) is 4.87. The highest BCUT2D eigenvalue weighted by Crippen LogP contribution is 2.30. The van der Waals surface area contributed by atoms with Crippen LogP contribution in [0.1, 0.15) is 52.5 Å². The average molecular weight is 548 g/mol. The SMILES string of the molecule is CCOc1ccccc1N(CCCC(=O)N(Cc1ccc(OC)cc1)[C@H](C)C(=O)N[C@H](C)CC)S(C)(=O)=O. The van der Waals surface area contributed by atoms with Crippen LogP contribution in [0, 0.1) is 0 Å². The predicted octanol–water partition coefficient (Wildman–Crippen LogP) is 3.97. The van der Waals surface area contributed by atoms with Gasteiger partial charge in [0.15, 0.2) is 0 Å². The van der Waals surface area contributed by atoms with Crippen molar-refractivity contribution in [2.24, 2.45) is 0 Å². The third kappa shape index (κ3) is 8.93. The molecule has 2 amide bonds. The van der Waals surface area contributed by atoms with Gasteiger partial charge in [0.05, 0.1) is 25.7 Å². The maximum atomic E-state index is 13.4. The molecule has 210 valence electrons. The Hall–Kier alpha value is -3.27. The Balaban J connectivity index is 2.21. The Labute approximate surface area is 227 Å². The molecule has 0 unspecified atom stereocenters. The van der Waals surface area contributed by atoms with Crippen LogP contribution in [0.5, 0.6) is 11.5 Å². The molecule has 0 fully saturated rings. The minimum atomic E-state index is -3.63. The van der Waals surface area contributed by atoms with Crippen molar-refractivity contribution in [3.63, 3.8) is 0 Å². The van der Waals surface area contributed by atoms with E-state index < -0.39 is 16.1 Å². The third-order valence-corrected chi connectivity index (χ3v) is 7.45. The largest absolute Gasteiger partial charge is 0.497 e. The highest BCUT2D eigenvalue weighted by Gasteiger charge is 2.27. The summed E-state index contributed by atoms with van der Waals surface area (Å²) in [5.74, 6) is 0.689. The lowest BCUT2D eigenvalue weighted by molar-refractivity contribution is -0.140. The van der Waals surface area contributed by atoms with Gasteiger partial charge < -0.3 is 19.7 Å². The molecule has 0 aromatic heterocycles. The molecule has 0 aliphatic rings. The van der Waals surface area contributed by atoms with Crippen molar-refractivity contribution < 1.29 is 27.5 Å². The maximum Gasteiger partial charge on any atom is 0.242 e. The van der Waals surface area contributed by atoms with Crippen LogP contribution in [0.2, 0.25) is 0 Å². The summed E-state index contributed by atoms with van der Waals surface area (Å²) in [4.78, 5) is 27.9. The molecule has 0 aliphatic heterocycles. The fourth-order valence-electron chi connectivity index (χ4n) is 3.90. The Bertz CT molecular complexity index is 1150. The minimum absolute atomic E-state index is 0.0170. The Morgan fingerprint density at radius 1 is 1.03 bits per heavy atom. The standard InChI is InChI=1S/C28H41N3O6S/c1-7-21(3)29-28(33)22(4)30(20-23-15-17-24(36-5)18-16-23)27(32)14-11-19-31(38(6,34)35)25-12-9-10-13-26(25)37-8-2/h9-10,12-13,15-18,21-22H,7-8,11,14,19-20H2,1-6H3,(H,29,33)/t21-,22-/m1/s1. The van der Waals surface area contributed by atoms with E-state index in [1.54, 1.807) is 43.2 Å². The lowest BCUT2D eigenvalue weighted by Gasteiger charge is -2.30. The van der Waals surface area contributed by atoms with E-state index in [0.29, 0.717) is 23.8 Å². The summed E-state index contributed by atoms with van der Waals surface area (Å²) in [7, 11) is -2.04. The van der Waals surface area contributed by atoms with Crippen molar-refractivity contribution in [1.29, 1.82) is 0 Å². The Morgan fingerprint density at radius 3 is 2.26 bits per heavy atom. The van der Waals surface area contributed by atoms with Gasteiger partial charge in [-0.1, -0.05) is 31.2 Å². The number of anilines is 1. The molecule has 2 rings (SSSR count). The number of nitrogens with zero attached hydrogens (tertiary/aromatic N) is 2. The highest BCUT2D eigenvalue weighted by molar-refractivity contribution is 7.92. The van der Waals surface area contributed by atoms with Crippen molar-refractivity contribution in [1.82, 2.24) is 10.2 Å². The average Bonchev–Trinajstić information content (AvgIpc) is 2.89. The molecule has 38 heavy (non-hydrogen) atoms. The lowest BCUT2D eigenvalue weighted by atomic mass is 10.1. The fraction of sp³-hybridized carbons (Fsp3) is 0.500. The number of rotatable bonds is 15. The summed E-state index contributed by atoms with van der Waals surface area (Å²) in [6.07, 6.45) is 2.25. The van der Waals surface area contributed by atoms with Crippen LogP contribution in [0.25, 0.3) is 0 Å². The summed E-state index contributed by atoms with van der Waals surface area (Å²) in [5.41, 5.74) is 1.28. The summed E-state index contributed by atoms with van der Waals surface area (Å²) in [6, 6.07) is 13.5. The smallest absolute Gasteiger partial charge is 0.242 e. The van der Waals surface area contributed by atoms with Gasteiger partial charge in [0.25, 0.3) is 0 Å². The number of ether oxygens (including phenoxy) is 2. The molecule has 0 bridgehead atoms. The molecule has 0 saturated carbocycles. The first-order valence-electron chi connectivity index (χ1n) is 12.9. The topological polar surface area (TPSA) is 105 Å². The molecular weight excluding hydrogens is 506 g/mol. The lowest BCUT2D eigenvalue weighted by Crippen LogP contribution is -2.49. The first-order chi connectivity index (χ1) is 18.0. The second-order valence-electron chi connectivity index (χ2n) is 9.20. The number of para-hydroxylation sites is 2. The van der Waals surface area contributed by atoms with E-state index in [1.165, 1.54) is 4.31 Å². The van der Waals surface area contributed by atoms with E-state index in [4.69, 9.17) is 9.47 Å². The number of carbonyl (C=O) groups excluding carboxylic acids is 2. The molecule has 0 aliphatic carbocycles. The molecule has 0 radical (unpaired) electrons. The number of hydrogen-bond donors (Lipinski definition) is 1. The second-order valence-corrected chi connectivity index (χ2v) is 11.1. The first kappa shape index (κ1) is 31.0. The van der Waals surface area contributed by atoms with Gasteiger partial charge in [-0.3, -0.25) is 13.9 Å². The molecule has 1 N–H and O–H groups in total. The van der Waals surface area contributed by atoms with Crippen molar-refractivity contribution in [3.05, 3.63) is 54.1 Å².